The summed E-state index contributed by atoms with van der Waals surface area (Å²) < 4.78 is 10.5. The number of rotatable bonds is 9. The number of nitrogens with two attached hydrogens (primary N) is 1. The standard InChI is InChI=1S/C16H24N2O3.ClH/c1-20-9-2-10-21-14-7-5-13(6-8-14)16(19)18-15(11-17)12-3-4-12;/h5-8,12,15H,2-4,9-11,17H2,1H3,(H,18,19);1H. The normalized spacial score (nSPS) is 14.8. The van der Waals surface area contributed by atoms with Gasteiger partial charge in [0.2, 0.25) is 0 Å². The molecule has 5 nitrogen and oxygen atoms in total. The first-order valence-electron chi connectivity index (χ1n) is 7.47. The average Bonchev–Trinajstić information content (AvgIpc) is 3.34. The smallest absolute Gasteiger partial charge is 0.251 e. The molecule has 1 saturated carbocycles. The van der Waals surface area contributed by atoms with Crippen molar-refractivity contribution >= 4 is 18.3 Å². The van der Waals surface area contributed by atoms with Gasteiger partial charge >= 0.3 is 0 Å². The van der Waals surface area contributed by atoms with E-state index in [0.717, 1.165) is 25.0 Å². The minimum Gasteiger partial charge on any atom is -0.494 e. The summed E-state index contributed by atoms with van der Waals surface area (Å²) in [5.74, 6) is 1.26. The van der Waals surface area contributed by atoms with Gasteiger partial charge in [-0.25, -0.2) is 0 Å². The van der Waals surface area contributed by atoms with Crippen LogP contribution in [0.4, 0.5) is 0 Å². The number of methoxy groups -OCH3 is 1. The number of nitrogens with one attached hydrogen (secondary N) is 1. The van der Waals surface area contributed by atoms with E-state index in [1.54, 1.807) is 19.2 Å². The van der Waals surface area contributed by atoms with Crippen LogP contribution in [-0.4, -0.2) is 38.8 Å². The van der Waals surface area contributed by atoms with Gasteiger partial charge in [-0.15, -0.1) is 12.4 Å². The minimum atomic E-state index is -0.0664. The molecule has 1 aromatic rings. The number of ether oxygens (including phenoxy) is 2. The summed E-state index contributed by atoms with van der Waals surface area (Å²) in [7, 11) is 1.67. The summed E-state index contributed by atoms with van der Waals surface area (Å²) in [4.78, 5) is 12.1. The molecule has 1 aromatic carbocycles. The van der Waals surface area contributed by atoms with Gasteiger partial charge in [0.05, 0.1) is 6.61 Å². The zero-order valence-corrected chi connectivity index (χ0v) is 13.7. The largest absolute Gasteiger partial charge is 0.494 e. The summed E-state index contributed by atoms with van der Waals surface area (Å²) in [6, 6.07) is 7.29. The van der Waals surface area contributed by atoms with Gasteiger partial charge in [-0.2, -0.15) is 0 Å². The van der Waals surface area contributed by atoms with Crippen LogP contribution in [-0.2, 0) is 4.74 Å². The zero-order valence-electron chi connectivity index (χ0n) is 12.9. The van der Waals surface area contributed by atoms with Crippen LogP contribution in [0.25, 0.3) is 0 Å². The summed E-state index contributed by atoms with van der Waals surface area (Å²) in [6.45, 7) is 1.79. The molecule has 0 bridgehead atoms. The van der Waals surface area contributed by atoms with Gasteiger partial charge in [0.1, 0.15) is 5.75 Å². The lowest BCUT2D eigenvalue weighted by Crippen LogP contribution is -2.41. The highest BCUT2D eigenvalue weighted by molar-refractivity contribution is 5.94. The number of carbonyl (C=O) groups is 1. The molecule has 0 saturated heterocycles. The van der Waals surface area contributed by atoms with Crippen LogP contribution >= 0.6 is 12.4 Å². The second-order valence-corrected chi connectivity index (χ2v) is 5.37. The van der Waals surface area contributed by atoms with E-state index in [1.807, 2.05) is 12.1 Å². The number of hydrogen-bond acceptors (Lipinski definition) is 4. The molecule has 3 N–H and O–H groups in total. The third-order valence-corrected chi connectivity index (χ3v) is 3.64. The molecule has 0 spiro atoms. The van der Waals surface area contributed by atoms with Crippen molar-refractivity contribution in [3.05, 3.63) is 29.8 Å². The molecule has 22 heavy (non-hydrogen) atoms. The Morgan fingerprint density at radius 2 is 2.00 bits per heavy atom. The van der Waals surface area contributed by atoms with Gasteiger partial charge in [-0.1, -0.05) is 0 Å². The third-order valence-electron chi connectivity index (χ3n) is 3.64. The number of halogens is 1. The number of carbonyl (C=O) groups excluding carboxylic acids is 1. The van der Waals surface area contributed by atoms with Gasteiger partial charge in [-0.05, 0) is 43.0 Å². The Labute approximate surface area is 138 Å². The van der Waals surface area contributed by atoms with Gasteiger partial charge < -0.3 is 20.5 Å². The van der Waals surface area contributed by atoms with Crippen LogP contribution in [0.15, 0.2) is 24.3 Å². The molecule has 1 aliphatic rings. The first-order chi connectivity index (χ1) is 10.2. The predicted octanol–water partition coefficient (Wildman–Crippen LogP) is 1.99. The highest BCUT2D eigenvalue weighted by Crippen LogP contribution is 2.32. The molecule has 1 amide bonds. The van der Waals surface area contributed by atoms with Crippen molar-refractivity contribution < 1.29 is 14.3 Å². The maximum atomic E-state index is 12.1. The van der Waals surface area contributed by atoms with Crippen molar-refractivity contribution in [1.82, 2.24) is 5.32 Å². The molecular formula is C16H25ClN2O3. The maximum Gasteiger partial charge on any atom is 0.251 e. The Bertz CT molecular complexity index is 449. The van der Waals surface area contributed by atoms with E-state index in [1.165, 1.54) is 0 Å². The Balaban J connectivity index is 0.00000242. The SMILES string of the molecule is COCCCOc1ccc(C(=O)NC(CN)C2CC2)cc1.Cl. The van der Waals surface area contributed by atoms with Crippen LogP contribution in [0, 0.1) is 5.92 Å². The van der Waals surface area contributed by atoms with Crippen molar-refractivity contribution in [2.75, 3.05) is 26.9 Å². The molecule has 1 aliphatic carbocycles. The number of amides is 1. The second kappa shape index (κ2) is 9.66. The van der Waals surface area contributed by atoms with E-state index in [9.17, 15) is 4.79 Å². The molecule has 2 rings (SSSR count). The number of benzene rings is 1. The Morgan fingerprint density at radius 1 is 1.32 bits per heavy atom. The second-order valence-electron chi connectivity index (χ2n) is 5.37. The number of hydrogen-bond donors (Lipinski definition) is 2. The molecule has 0 heterocycles. The fourth-order valence-electron chi connectivity index (χ4n) is 2.22. The predicted molar refractivity (Wildman–Crippen MR) is 88.7 cm³/mol. The maximum absolute atomic E-state index is 12.1. The fourth-order valence-corrected chi connectivity index (χ4v) is 2.22. The van der Waals surface area contributed by atoms with E-state index in [-0.39, 0.29) is 24.4 Å². The van der Waals surface area contributed by atoms with E-state index in [0.29, 0.717) is 31.2 Å². The van der Waals surface area contributed by atoms with Gasteiger partial charge in [0.15, 0.2) is 0 Å². The molecule has 6 heteroatoms. The summed E-state index contributed by atoms with van der Waals surface area (Å²) in [5.41, 5.74) is 6.34. The zero-order chi connectivity index (χ0) is 15.1. The molecule has 1 atom stereocenters. The molecule has 124 valence electrons. The van der Waals surface area contributed by atoms with Crippen LogP contribution in [0.2, 0.25) is 0 Å². The molecule has 1 fully saturated rings. The van der Waals surface area contributed by atoms with Crippen LogP contribution < -0.4 is 15.8 Å². The topological polar surface area (TPSA) is 73.6 Å². The highest BCUT2D eigenvalue weighted by atomic mass is 35.5. The average molecular weight is 329 g/mol. The molecule has 1 unspecified atom stereocenters. The van der Waals surface area contributed by atoms with Gasteiger partial charge in [-0.3, -0.25) is 4.79 Å². The van der Waals surface area contributed by atoms with Crippen molar-refractivity contribution in [2.24, 2.45) is 11.7 Å². The molecule has 0 aromatic heterocycles. The van der Waals surface area contributed by atoms with Gasteiger partial charge in [0, 0.05) is 38.3 Å². The van der Waals surface area contributed by atoms with Crippen LogP contribution in [0.3, 0.4) is 0 Å². The third kappa shape index (κ3) is 5.83. The molecule has 0 radical (unpaired) electrons. The lowest BCUT2D eigenvalue weighted by atomic mass is 10.1. The lowest BCUT2D eigenvalue weighted by Gasteiger charge is -2.16. The van der Waals surface area contributed by atoms with E-state index in [2.05, 4.69) is 5.32 Å². The molecule has 0 aliphatic heterocycles. The highest BCUT2D eigenvalue weighted by Gasteiger charge is 2.31. The first-order valence-corrected chi connectivity index (χ1v) is 7.47. The van der Waals surface area contributed by atoms with Crippen LogP contribution in [0.1, 0.15) is 29.6 Å². The Morgan fingerprint density at radius 3 is 2.55 bits per heavy atom. The lowest BCUT2D eigenvalue weighted by molar-refractivity contribution is 0.0933. The molecular weight excluding hydrogens is 304 g/mol. The quantitative estimate of drug-likeness (QED) is 0.680. The van der Waals surface area contributed by atoms with E-state index < -0.39 is 0 Å². The first kappa shape index (κ1) is 18.7. The summed E-state index contributed by atoms with van der Waals surface area (Å²) in [5, 5.41) is 3.00. The van der Waals surface area contributed by atoms with Crippen molar-refractivity contribution in [3.8, 4) is 5.75 Å². The van der Waals surface area contributed by atoms with Crippen molar-refractivity contribution in [1.29, 1.82) is 0 Å². The summed E-state index contributed by atoms with van der Waals surface area (Å²) >= 11 is 0. The van der Waals surface area contributed by atoms with E-state index in [4.69, 9.17) is 15.2 Å². The Hall–Kier alpha value is -1.30. The summed E-state index contributed by atoms with van der Waals surface area (Å²) in [6.07, 6.45) is 3.17. The Kier molecular flexibility index (Phi) is 8.24. The van der Waals surface area contributed by atoms with Crippen molar-refractivity contribution in [3.63, 3.8) is 0 Å². The van der Waals surface area contributed by atoms with Crippen molar-refractivity contribution in [2.45, 2.75) is 25.3 Å². The minimum absolute atomic E-state index is 0. The fraction of sp³-hybridized carbons (Fsp3) is 0.562. The van der Waals surface area contributed by atoms with Crippen LogP contribution in [0.5, 0.6) is 5.75 Å². The van der Waals surface area contributed by atoms with Gasteiger partial charge in [0.25, 0.3) is 5.91 Å². The van der Waals surface area contributed by atoms with E-state index >= 15 is 0 Å². The monoisotopic (exact) mass is 328 g/mol.